The molecule has 0 radical (unpaired) electrons. The van der Waals surface area contributed by atoms with Gasteiger partial charge in [-0.1, -0.05) is 12.1 Å². The van der Waals surface area contributed by atoms with E-state index in [2.05, 4.69) is 21.3 Å². The number of rotatable bonds is 12. The standard InChI is InChI=1S/C41H42N4O13S/c1-38(2,3)57-36(53)42-25-15-10-22(11-16-25)31(46)44-40(34(49)50)30(24-14-19-27(28(21-24)55-7)56-33(48)29-9-8-20-59-29)41(40,35(51)52)45-32(47)23-12-17-26(18-13-23)43-37(54)58-39(4,5)6/h8-21,30H,1-7H3,(H,42,53)(H,43,54)(H,44,46)(H,45,47)(H,49,50)(H,51,52). The molecule has 4 amide bonds. The van der Waals surface area contributed by atoms with Crippen molar-refractivity contribution in [2.45, 2.75) is 69.7 Å². The molecule has 3 aromatic carbocycles. The number of amides is 4. The molecule has 1 fully saturated rings. The number of hydrogen-bond donors (Lipinski definition) is 6. The van der Waals surface area contributed by atoms with Crippen LogP contribution in [0.25, 0.3) is 0 Å². The lowest BCUT2D eigenvalue weighted by Gasteiger charge is -2.22. The van der Waals surface area contributed by atoms with Crippen molar-refractivity contribution in [1.29, 1.82) is 0 Å². The summed E-state index contributed by atoms with van der Waals surface area (Å²) < 4.78 is 21.4. The fourth-order valence-corrected chi connectivity index (χ4v) is 6.85. The molecule has 4 aromatic rings. The third kappa shape index (κ3) is 9.44. The number of carbonyl (C=O) groups is 7. The van der Waals surface area contributed by atoms with E-state index in [1.165, 1.54) is 73.8 Å². The lowest BCUT2D eigenvalue weighted by Crippen LogP contribution is -2.59. The minimum absolute atomic E-state index is 0.0306. The van der Waals surface area contributed by atoms with E-state index in [0.29, 0.717) is 0 Å². The molecular weight excluding hydrogens is 789 g/mol. The van der Waals surface area contributed by atoms with Crippen molar-refractivity contribution in [3.05, 3.63) is 106 Å². The summed E-state index contributed by atoms with van der Waals surface area (Å²) in [5, 5.41) is 33.2. The Labute approximate surface area is 342 Å². The van der Waals surface area contributed by atoms with Crippen molar-refractivity contribution in [3.8, 4) is 11.5 Å². The molecule has 1 saturated carbocycles. The van der Waals surface area contributed by atoms with Crippen LogP contribution in [0, 0.1) is 0 Å². The number of benzene rings is 3. The molecule has 1 aromatic heterocycles. The number of ether oxygens (including phenoxy) is 4. The maximum absolute atomic E-state index is 13.9. The number of thiophene rings is 1. The van der Waals surface area contributed by atoms with Gasteiger partial charge < -0.3 is 39.8 Å². The molecule has 0 spiro atoms. The highest BCUT2D eigenvalue weighted by Crippen LogP contribution is 2.62. The highest BCUT2D eigenvalue weighted by molar-refractivity contribution is 7.12. The monoisotopic (exact) mass is 830 g/mol. The first-order valence-electron chi connectivity index (χ1n) is 17.9. The molecule has 59 heavy (non-hydrogen) atoms. The van der Waals surface area contributed by atoms with Crippen molar-refractivity contribution in [3.63, 3.8) is 0 Å². The number of carboxylic acid groups (broad SMARTS) is 2. The minimum Gasteiger partial charge on any atom is -0.493 e. The lowest BCUT2D eigenvalue weighted by molar-refractivity contribution is -0.147. The van der Waals surface area contributed by atoms with Gasteiger partial charge in [-0.05, 0) is 119 Å². The first-order valence-corrected chi connectivity index (χ1v) is 18.7. The number of anilines is 2. The van der Waals surface area contributed by atoms with E-state index in [1.54, 1.807) is 59.1 Å². The van der Waals surface area contributed by atoms with E-state index in [-0.39, 0.29) is 44.4 Å². The molecule has 1 heterocycles. The summed E-state index contributed by atoms with van der Waals surface area (Å²) in [6.07, 6.45) is -1.53. The lowest BCUT2D eigenvalue weighted by atomic mass is 10.0. The molecule has 0 saturated heterocycles. The number of aliphatic carboxylic acids is 2. The Morgan fingerprint density at radius 2 is 1.10 bits per heavy atom. The van der Waals surface area contributed by atoms with Crippen LogP contribution in [0.2, 0.25) is 0 Å². The van der Waals surface area contributed by atoms with Crippen molar-refractivity contribution in [1.82, 2.24) is 10.6 Å². The number of carboxylic acids is 2. The molecule has 5 rings (SSSR count). The Morgan fingerprint density at radius 3 is 1.47 bits per heavy atom. The van der Waals surface area contributed by atoms with Crippen LogP contribution < -0.4 is 30.7 Å². The predicted molar refractivity (Wildman–Crippen MR) is 213 cm³/mol. The molecule has 18 heteroatoms. The highest BCUT2D eigenvalue weighted by Gasteiger charge is 2.88. The minimum atomic E-state index is -2.74. The molecule has 1 aliphatic rings. The second kappa shape index (κ2) is 16.5. The molecule has 310 valence electrons. The van der Waals surface area contributed by atoms with Gasteiger partial charge in [0.25, 0.3) is 11.8 Å². The number of esters is 1. The Hall–Kier alpha value is -6.95. The molecule has 2 atom stereocenters. The Morgan fingerprint density at radius 1 is 0.644 bits per heavy atom. The zero-order valence-corrected chi connectivity index (χ0v) is 33.8. The topological polar surface area (TPSA) is 245 Å². The maximum atomic E-state index is 13.9. The maximum Gasteiger partial charge on any atom is 0.412 e. The van der Waals surface area contributed by atoms with E-state index in [1.807, 2.05) is 0 Å². The fraction of sp³-hybridized carbons (Fsp3) is 0.293. The third-order valence-electron chi connectivity index (χ3n) is 8.73. The Bertz CT molecular complexity index is 2170. The second-order valence-electron chi connectivity index (χ2n) is 15.3. The summed E-state index contributed by atoms with van der Waals surface area (Å²) in [5.74, 6) is -8.28. The summed E-state index contributed by atoms with van der Waals surface area (Å²) in [4.78, 5) is 92.3. The normalized spacial score (nSPS) is 18.3. The van der Waals surface area contributed by atoms with E-state index in [4.69, 9.17) is 18.9 Å². The van der Waals surface area contributed by atoms with Crippen LogP contribution in [-0.2, 0) is 19.1 Å². The quantitative estimate of drug-likeness (QED) is 0.0682. The largest absolute Gasteiger partial charge is 0.493 e. The van der Waals surface area contributed by atoms with Crippen molar-refractivity contribution >= 4 is 64.6 Å². The molecule has 17 nitrogen and oxygen atoms in total. The van der Waals surface area contributed by atoms with E-state index in [9.17, 15) is 43.8 Å². The summed E-state index contributed by atoms with van der Waals surface area (Å²) in [6.45, 7) is 10.1. The molecule has 6 N–H and O–H groups in total. The van der Waals surface area contributed by atoms with E-state index in [0.717, 1.165) is 11.3 Å². The van der Waals surface area contributed by atoms with Crippen LogP contribution in [-0.4, -0.2) is 81.5 Å². The van der Waals surface area contributed by atoms with Gasteiger partial charge in [-0.25, -0.2) is 24.0 Å². The number of hydrogen-bond acceptors (Lipinski definition) is 12. The van der Waals surface area contributed by atoms with Gasteiger partial charge in [0.2, 0.25) is 0 Å². The zero-order valence-electron chi connectivity index (χ0n) is 33.0. The van der Waals surface area contributed by atoms with Crippen molar-refractivity contribution < 1.29 is 62.7 Å². The SMILES string of the molecule is COc1cc(C2C(NC(=O)c3ccc(NC(=O)OC(C)(C)C)cc3)(C(=O)O)C2(NC(=O)c2ccc(NC(=O)OC(C)(C)C)cc2)C(=O)O)ccc1OC(=O)c1cccs1. The number of carbonyl (C=O) groups excluding carboxylic acids is 5. The van der Waals surface area contributed by atoms with E-state index >= 15 is 0 Å². The van der Waals surface area contributed by atoms with Crippen LogP contribution in [0.1, 0.15) is 83.4 Å². The van der Waals surface area contributed by atoms with Gasteiger partial charge in [0, 0.05) is 22.5 Å². The van der Waals surface area contributed by atoms with Gasteiger partial charge in [0.1, 0.15) is 16.1 Å². The molecular formula is C41H42N4O13S. The predicted octanol–water partition coefficient (Wildman–Crippen LogP) is 6.27. The van der Waals surface area contributed by atoms with Gasteiger partial charge in [0.05, 0.1) is 13.0 Å². The molecule has 2 unspecified atom stereocenters. The average Bonchev–Trinajstić information content (AvgIpc) is 3.39. The van der Waals surface area contributed by atoms with Crippen LogP contribution in [0.4, 0.5) is 21.0 Å². The first-order chi connectivity index (χ1) is 27.6. The summed E-state index contributed by atoms with van der Waals surface area (Å²) in [7, 11) is 1.25. The summed E-state index contributed by atoms with van der Waals surface area (Å²) in [6, 6.07) is 17.5. The molecule has 1 aliphatic carbocycles. The third-order valence-corrected chi connectivity index (χ3v) is 9.58. The summed E-state index contributed by atoms with van der Waals surface area (Å²) >= 11 is 1.13. The summed E-state index contributed by atoms with van der Waals surface area (Å²) in [5.41, 5.74) is -6.87. The van der Waals surface area contributed by atoms with Crippen molar-refractivity contribution in [2.24, 2.45) is 0 Å². The Kier molecular flexibility index (Phi) is 12.1. The fourth-order valence-electron chi connectivity index (χ4n) is 6.26. The van der Waals surface area contributed by atoms with Crippen LogP contribution in [0.5, 0.6) is 11.5 Å². The zero-order chi connectivity index (χ0) is 43.5. The van der Waals surface area contributed by atoms with Gasteiger partial charge >= 0.3 is 30.1 Å². The van der Waals surface area contributed by atoms with Crippen molar-refractivity contribution in [2.75, 3.05) is 17.7 Å². The number of nitrogens with one attached hydrogen (secondary N) is 4. The van der Waals surface area contributed by atoms with Gasteiger partial charge in [-0.15, -0.1) is 11.3 Å². The Balaban J connectivity index is 1.51. The average molecular weight is 831 g/mol. The first kappa shape index (κ1) is 43.2. The van der Waals surface area contributed by atoms with Gasteiger partial charge in [-0.2, -0.15) is 0 Å². The second-order valence-corrected chi connectivity index (χ2v) is 16.2. The van der Waals surface area contributed by atoms with Crippen LogP contribution in [0.15, 0.2) is 84.2 Å². The molecule has 0 aliphatic heterocycles. The van der Waals surface area contributed by atoms with Gasteiger partial charge in [0.15, 0.2) is 22.6 Å². The smallest absolute Gasteiger partial charge is 0.412 e. The van der Waals surface area contributed by atoms with E-state index < -0.39 is 70.1 Å². The van der Waals surface area contributed by atoms with Crippen LogP contribution in [0.3, 0.4) is 0 Å². The highest BCUT2D eigenvalue weighted by atomic mass is 32.1. The molecule has 0 bridgehead atoms. The van der Waals surface area contributed by atoms with Crippen LogP contribution >= 0.6 is 11.3 Å². The number of methoxy groups -OCH3 is 1. The van der Waals surface area contributed by atoms with Gasteiger partial charge in [-0.3, -0.25) is 20.2 Å².